The first-order chi connectivity index (χ1) is 18.5. The molecule has 208 valence electrons. The number of aliphatic hydroxyl groups excluding tert-OH is 1. The Morgan fingerprint density at radius 1 is 1.15 bits per heavy atom. The molecule has 0 bridgehead atoms. The summed E-state index contributed by atoms with van der Waals surface area (Å²) in [5, 5.41) is 14.9. The number of likely N-dealkylation sites (tertiary alicyclic amines) is 1. The predicted octanol–water partition coefficient (Wildman–Crippen LogP) is 4.54. The zero-order chi connectivity index (χ0) is 27.9. The second-order valence-corrected chi connectivity index (χ2v) is 11.3. The first kappa shape index (κ1) is 27.0. The molecule has 3 aromatic rings. The first-order valence-corrected chi connectivity index (χ1v) is 13.3. The Balaban J connectivity index is 1.36. The van der Waals surface area contributed by atoms with E-state index in [9.17, 15) is 23.5 Å². The number of hydrogen-bond donors (Lipinski definition) is 1. The van der Waals surface area contributed by atoms with E-state index in [2.05, 4.69) is 5.10 Å². The predicted molar refractivity (Wildman–Crippen MR) is 140 cm³/mol. The van der Waals surface area contributed by atoms with E-state index in [0.717, 1.165) is 18.6 Å². The second kappa shape index (κ2) is 10.5. The molecule has 2 aliphatic heterocycles. The number of nitrogens with zero attached hydrogens (tertiary/aromatic N) is 5. The van der Waals surface area contributed by atoms with Gasteiger partial charge in [-0.2, -0.15) is 5.10 Å². The van der Waals surface area contributed by atoms with Crippen molar-refractivity contribution < 1.29 is 28.2 Å². The van der Waals surface area contributed by atoms with Crippen LogP contribution in [0.15, 0.2) is 36.7 Å². The van der Waals surface area contributed by atoms with Crippen LogP contribution in [-0.4, -0.2) is 67.8 Å². The van der Waals surface area contributed by atoms with Gasteiger partial charge < -0.3 is 19.6 Å². The van der Waals surface area contributed by atoms with Crippen molar-refractivity contribution in [3.8, 4) is 0 Å². The highest BCUT2D eigenvalue weighted by atomic mass is 19.1. The minimum Gasteiger partial charge on any atom is -0.444 e. The number of hydrogen-bond acceptors (Lipinski definition) is 7. The third kappa shape index (κ3) is 5.73. The molecule has 1 N–H and O–H groups in total. The number of carbonyl (C=O) groups is 2. The lowest BCUT2D eigenvalue weighted by Crippen LogP contribution is -2.48. The van der Waals surface area contributed by atoms with E-state index in [1.165, 1.54) is 21.7 Å². The third-order valence-electron chi connectivity index (χ3n) is 7.31. The van der Waals surface area contributed by atoms with Crippen molar-refractivity contribution in [2.75, 3.05) is 24.5 Å². The highest BCUT2D eigenvalue weighted by Gasteiger charge is 2.35. The van der Waals surface area contributed by atoms with Gasteiger partial charge in [0.25, 0.3) is 0 Å². The maximum atomic E-state index is 14.6. The molecule has 1 amide bonds. The van der Waals surface area contributed by atoms with Crippen LogP contribution < -0.4 is 4.90 Å². The van der Waals surface area contributed by atoms with Crippen LogP contribution in [-0.2, 0) is 4.74 Å². The Kier molecular flexibility index (Phi) is 7.28. The summed E-state index contributed by atoms with van der Waals surface area (Å²) in [6, 6.07) is 4.82. The van der Waals surface area contributed by atoms with Gasteiger partial charge in [0.2, 0.25) is 0 Å². The number of aromatic nitrogens is 3. The van der Waals surface area contributed by atoms with Gasteiger partial charge >= 0.3 is 6.09 Å². The number of amides is 1. The van der Waals surface area contributed by atoms with Crippen LogP contribution in [0, 0.1) is 17.6 Å². The number of rotatable bonds is 5. The number of fused-ring (bicyclic) bond motifs is 1. The Morgan fingerprint density at radius 2 is 1.95 bits per heavy atom. The van der Waals surface area contributed by atoms with Crippen molar-refractivity contribution >= 4 is 23.3 Å². The van der Waals surface area contributed by atoms with Crippen LogP contribution in [0.2, 0.25) is 0 Å². The van der Waals surface area contributed by atoms with Crippen molar-refractivity contribution in [1.82, 2.24) is 19.5 Å². The minimum atomic E-state index is -0.732. The molecule has 1 aromatic carbocycles. The molecule has 2 fully saturated rings. The lowest BCUT2D eigenvalue weighted by Gasteiger charge is -2.36. The van der Waals surface area contributed by atoms with Gasteiger partial charge in [-0.1, -0.05) is 0 Å². The topological polar surface area (TPSA) is 100 Å². The molecule has 2 aromatic heterocycles. The molecule has 2 unspecified atom stereocenters. The first-order valence-electron chi connectivity index (χ1n) is 13.3. The summed E-state index contributed by atoms with van der Waals surface area (Å²) in [6.45, 7) is 6.53. The van der Waals surface area contributed by atoms with E-state index in [4.69, 9.17) is 9.72 Å². The van der Waals surface area contributed by atoms with Crippen molar-refractivity contribution in [3.63, 3.8) is 0 Å². The summed E-state index contributed by atoms with van der Waals surface area (Å²) in [4.78, 5) is 34.1. The van der Waals surface area contributed by atoms with Gasteiger partial charge in [-0.15, -0.1) is 0 Å². The normalized spacial score (nSPS) is 21.9. The average molecular weight is 542 g/mol. The van der Waals surface area contributed by atoms with Gasteiger partial charge in [-0.05, 0) is 64.3 Å². The Bertz CT molecular complexity index is 1390. The summed E-state index contributed by atoms with van der Waals surface area (Å²) in [6.07, 6.45) is 3.72. The molecule has 0 aliphatic carbocycles. The monoisotopic (exact) mass is 541 g/mol. The molecule has 2 aliphatic rings. The van der Waals surface area contributed by atoms with E-state index in [1.807, 2.05) is 4.90 Å². The number of ether oxygens (including phenoxy) is 1. The van der Waals surface area contributed by atoms with Crippen LogP contribution in [0.5, 0.6) is 0 Å². The van der Waals surface area contributed by atoms with Crippen LogP contribution >= 0.6 is 0 Å². The number of carbonyl (C=O) groups excluding carboxylic acids is 2. The van der Waals surface area contributed by atoms with Crippen LogP contribution in [0.3, 0.4) is 0 Å². The van der Waals surface area contributed by atoms with Gasteiger partial charge in [0.05, 0.1) is 23.9 Å². The van der Waals surface area contributed by atoms with Gasteiger partial charge in [0.1, 0.15) is 23.1 Å². The SMILES string of the molecule is CC(C)(C)OC(=O)N1CCC(O)C(CC(=O)c2cnn3ccc(N4CCC[C@@H]4c4cc(F)ccc4F)nc23)C1. The minimum absolute atomic E-state index is 0.00850. The van der Waals surface area contributed by atoms with E-state index < -0.39 is 35.4 Å². The lowest BCUT2D eigenvalue weighted by atomic mass is 9.89. The maximum absolute atomic E-state index is 14.6. The number of benzene rings is 1. The zero-order valence-electron chi connectivity index (χ0n) is 22.3. The summed E-state index contributed by atoms with van der Waals surface area (Å²) in [5.74, 6) is -1.15. The van der Waals surface area contributed by atoms with Crippen LogP contribution in [0.4, 0.5) is 19.4 Å². The Morgan fingerprint density at radius 3 is 2.72 bits per heavy atom. The van der Waals surface area contributed by atoms with Crippen molar-refractivity contribution in [2.24, 2.45) is 5.92 Å². The fraction of sp³-hybridized carbons (Fsp3) is 0.500. The smallest absolute Gasteiger partial charge is 0.410 e. The molecule has 4 heterocycles. The average Bonchev–Trinajstić information content (AvgIpc) is 3.52. The van der Waals surface area contributed by atoms with Gasteiger partial charge in [0, 0.05) is 43.7 Å². The molecule has 3 atom stereocenters. The van der Waals surface area contributed by atoms with Crippen molar-refractivity contribution in [2.45, 2.75) is 64.2 Å². The third-order valence-corrected chi connectivity index (χ3v) is 7.31. The number of piperidine rings is 1. The van der Waals surface area contributed by atoms with E-state index >= 15 is 0 Å². The van der Waals surface area contributed by atoms with Crippen molar-refractivity contribution in [1.29, 1.82) is 0 Å². The zero-order valence-corrected chi connectivity index (χ0v) is 22.3. The maximum Gasteiger partial charge on any atom is 0.410 e. The van der Waals surface area contributed by atoms with Crippen LogP contribution in [0.25, 0.3) is 5.65 Å². The molecule has 2 saturated heterocycles. The quantitative estimate of drug-likeness (QED) is 0.474. The number of ketones is 1. The Hall–Kier alpha value is -3.60. The summed E-state index contributed by atoms with van der Waals surface area (Å²) in [7, 11) is 0. The highest BCUT2D eigenvalue weighted by Crippen LogP contribution is 2.37. The van der Waals surface area contributed by atoms with E-state index in [0.29, 0.717) is 43.0 Å². The number of halogens is 2. The summed E-state index contributed by atoms with van der Waals surface area (Å²) < 4.78 is 35.4. The summed E-state index contributed by atoms with van der Waals surface area (Å²) in [5.41, 5.74) is 0.274. The highest BCUT2D eigenvalue weighted by molar-refractivity contribution is 6.01. The van der Waals surface area contributed by atoms with E-state index in [1.54, 1.807) is 33.0 Å². The van der Waals surface area contributed by atoms with Crippen LogP contribution in [0.1, 0.15) is 68.4 Å². The molecular formula is C28H33F2N5O4. The molecule has 0 spiro atoms. The number of aliphatic hydroxyl groups is 1. The largest absolute Gasteiger partial charge is 0.444 e. The molecule has 5 rings (SSSR count). The standard InChI is InChI=1S/C28H33F2N5O4/c1-28(2,3)39-27(38)33-11-8-23(36)17(16-33)13-24(37)20-15-31-35-12-9-25(32-26(20)35)34-10-4-5-22(34)19-14-18(29)6-7-21(19)30/h6-7,9,12,14-15,17,22-23,36H,4-5,8,10-11,13,16H2,1-3H3/t17?,22-,23?/m1/s1. The van der Waals surface area contributed by atoms with E-state index in [-0.39, 0.29) is 30.4 Å². The molecule has 0 saturated carbocycles. The molecular weight excluding hydrogens is 508 g/mol. The molecule has 11 heteroatoms. The fourth-order valence-corrected chi connectivity index (χ4v) is 5.41. The van der Waals surface area contributed by atoms with Gasteiger partial charge in [0.15, 0.2) is 11.4 Å². The summed E-state index contributed by atoms with van der Waals surface area (Å²) >= 11 is 0. The fourth-order valence-electron chi connectivity index (χ4n) is 5.41. The number of anilines is 1. The second-order valence-electron chi connectivity index (χ2n) is 11.3. The van der Waals surface area contributed by atoms with Crippen molar-refractivity contribution in [3.05, 3.63) is 59.4 Å². The van der Waals surface area contributed by atoms with Gasteiger partial charge in [-0.25, -0.2) is 23.1 Å². The molecule has 0 radical (unpaired) electrons. The molecule has 9 nitrogen and oxygen atoms in total. The Labute approximate surface area is 225 Å². The van der Waals surface area contributed by atoms with Gasteiger partial charge in [-0.3, -0.25) is 4.79 Å². The molecule has 39 heavy (non-hydrogen) atoms. The number of Topliss-reactive ketones (excluding diaryl/α,β-unsaturated/α-hetero) is 1. The lowest BCUT2D eigenvalue weighted by molar-refractivity contribution is -0.00922.